The molecule has 0 unspecified atom stereocenters. The Hall–Kier alpha value is -1.52. The van der Waals surface area contributed by atoms with Gasteiger partial charge in [-0.2, -0.15) is 0 Å². The molecular weight excluding hydrogens is 352 g/mol. The lowest BCUT2D eigenvalue weighted by Crippen LogP contribution is -2.26. The van der Waals surface area contributed by atoms with E-state index in [4.69, 9.17) is 17.3 Å². The quantitative estimate of drug-likeness (QED) is 0.824. The van der Waals surface area contributed by atoms with Crippen LogP contribution in [0.5, 0.6) is 0 Å². The van der Waals surface area contributed by atoms with Crippen molar-refractivity contribution in [2.45, 2.75) is 13.5 Å². The molecule has 2 N–H and O–H groups in total. The van der Waals surface area contributed by atoms with Crippen LogP contribution in [0, 0.1) is 6.92 Å². The highest BCUT2D eigenvalue weighted by molar-refractivity contribution is 9.10. The zero-order valence-corrected chi connectivity index (χ0v) is 14.2. The summed E-state index contributed by atoms with van der Waals surface area (Å²) in [4.78, 5) is 14.1. The molecule has 0 fully saturated rings. The minimum absolute atomic E-state index is 0.0609. The summed E-state index contributed by atoms with van der Waals surface area (Å²) in [7, 11) is 1.75. The number of nitrogen functional groups attached to an aromatic ring is 1. The van der Waals surface area contributed by atoms with E-state index in [0.717, 1.165) is 15.6 Å². The molecule has 0 aliphatic carbocycles. The standard InChI is InChI=1S/C16H16BrClN2O/c1-10-3-4-11(8-14(10)17)16(21)20(2)9-12-7-13(19)5-6-15(12)18/h3-8H,9,19H2,1-2H3. The van der Waals surface area contributed by atoms with Crippen LogP contribution in [0.25, 0.3) is 0 Å². The number of amides is 1. The van der Waals surface area contributed by atoms with Crippen LogP contribution in [-0.4, -0.2) is 17.9 Å². The first-order valence-electron chi connectivity index (χ1n) is 6.44. The molecule has 2 rings (SSSR count). The number of halogens is 2. The van der Waals surface area contributed by atoms with Gasteiger partial charge in [0.05, 0.1) is 0 Å². The van der Waals surface area contributed by atoms with Gasteiger partial charge in [-0.25, -0.2) is 0 Å². The number of nitrogens with two attached hydrogens (primary N) is 1. The van der Waals surface area contributed by atoms with Crippen LogP contribution in [0.1, 0.15) is 21.5 Å². The van der Waals surface area contributed by atoms with E-state index in [1.54, 1.807) is 30.1 Å². The third kappa shape index (κ3) is 3.77. The molecule has 0 spiro atoms. The van der Waals surface area contributed by atoms with E-state index in [-0.39, 0.29) is 5.91 Å². The van der Waals surface area contributed by atoms with E-state index in [1.165, 1.54) is 0 Å². The number of nitrogens with zero attached hydrogens (tertiary/aromatic N) is 1. The first kappa shape index (κ1) is 15.9. The van der Waals surface area contributed by atoms with Crippen LogP contribution >= 0.6 is 27.5 Å². The summed E-state index contributed by atoms with van der Waals surface area (Å²) in [6.07, 6.45) is 0. The van der Waals surface area contributed by atoms with Gasteiger partial charge < -0.3 is 10.6 Å². The fourth-order valence-electron chi connectivity index (χ4n) is 1.99. The van der Waals surface area contributed by atoms with Gasteiger partial charge in [-0.1, -0.05) is 33.6 Å². The summed E-state index contributed by atoms with van der Waals surface area (Å²) in [6, 6.07) is 10.8. The molecular formula is C16H16BrClN2O. The Morgan fingerprint density at radius 3 is 2.67 bits per heavy atom. The van der Waals surface area contributed by atoms with Crippen LogP contribution in [0.15, 0.2) is 40.9 Å². The number of aryl methyl sites for hydroxylation is 1. The van der Waals surface area contributed by atoms with Crippen LogP contribution in [0.2, 0.25) is 5.02 Å². The Morgan fingerprint density at radius 2 is 2.00 bits per heavy atom. The van der Waals surface area contributed by atoms with Gasteiger partial charge in [0.2, 0.25) is 0 Å². The molecule has 2 aromatic rings. The summed E-state index contributed by atoms with van der Waals surface area (Å²) in [5.41, 5.74) is 8.95. The highest BCUT2D eigenvalue weighted by Crippen LogP contribution is 2.22. The van der Waals surface area contributed by atoms with E-state index in [2.05, 4.69) is 15.9 Å². The largest absolute Gasteiger partial charge is 0.399 e. The topological polar surface area (TPSA) is 46.3 Å². The number of benzene rings is 2. The minimum atomic E-state index is -0.0609. The Kier molecular flexibility index (Phi) is 4.91. The Bertz CT molecular complexity index is 688. The van der Waals surface area contributed by atoms with Crippen LogP contribution in [0.4, 0.5) is 5.69 Å². The summed E-state index contributed by atoms with van der Waals surface area (Å²) in [6.45, 7) is 2.39. The molecule has 0 aliphatic heterocycles. The fraction of sp³-hybridized carbons (Fsp3) is 0.188. The Morgan fingerprint density at radius 1 is 1.29 bits per heavy atom. The second kappa shape index (κ2) is 6.50. The molecule has 2 aromatic carbocycles. The molecule has 0 aromatic heterocycles. The third-order valence-corrected chi connectivity index (χ3v) is 4.47. The van der Waals surface area contributed by atoms with Crippen molar-refractivity contribution < 1.29 is 4.79 Å². The first-order valence-corrected chi connectivity index (χ1v) is 7.61. The number of rotatable bonds is 3. The SMILES string of the molecule is Cc1ccc(C(=O)N(C)Cc2cc(N)ccc2Cl)cc1Br. The summed E-state index contributed by atoms with van der Waals surface area (Å²) >= 11 is 9.58. The molecule has 5 heteroatoms. The summed E-state index contributed by atoms with van der Waals surface area (Å²) < 4.78 is 0.920. The van der Waals surface area contributed by atoms with E-state index in [9.17, 15) is 4.79 Å². The van der Waals surface area contributed by atoms with Crippen LogP contribution in [0.3, 0.4) is 0 Å². The molecule has 0 bridgehead atoms. The lowest BCUT2D eigenvalue weighted by Gasteiger charge is -2.19. The smallest absolute Gasteiger partial charge is 0.253 e. The number of carbonyl (C=O) groups excluding carboxylic acids is 1. The van der Waals surface area contributed by atoms with Gasteiger partial charge in [0.15, 0.2) is 0 Å². The monoisotopic (exact) mass is 366 g/mol. The molecule has 21 heavy (non-hydrogen) atoms. The van der Waals surface area contributed by atoms with E-state index in [0.29, 0.717) is 22.8 Å². The van der Waals surface area contributed by atoms with E-state index < -0.39 is 0 Å². The van der Waals surface area contributed by atoms with Crippen LogP contribution < -0.4 is 5.73 Å². The van der Waals surface area contributed by atoms with Crippen molar-refractivity contribution in [3.8, 4) is 0 Å². The van der Waals surface area contributed by atoms with E-state index in [1.807, 2.05) is 25.1 Å². The molecule has 110 valence electrons. The Labute approximate surface area is 137 Å². The molecule has 0 aliphatic rings. The summed E-state index contributed by atoms with van der Waals surface area (Å²) in [5, 5.41) is 0.605. The number of hydrogen-bond acceptors (Lipinski definition) is 2. The maximum Gasteiger partial charge on any atom is 0.253 e. The average molecular weight is 368 g/mol. The number of carbonyl (C=O) groups is 1. The van der Waals surface area contributed by atoms with Crippen molar-refractivity contribution >= 4 is 39.1 Å². The maximum absolute atomic E-state index is 12.4. The highest BCUT2D eigenvalue weighted by Gasteiger charge is 2.14. The highest BCUT2D eigenvalue weighted by atomic mass is 79.9. The summed E-state index contributed by atoms with van der Waals surface area (Å²) in [5.74, 6) is -0.0609. The van der Waals surface area contributed by atoms with Gasteiger partial charge in [-0.3, -0.25) is 4.79 Å². The van der Waals surface area contributed by atoms with Crippen molar-refractivity contribution in [3.63, 3.8) is 0 Å². The minimum Gasteiger partial charge on any atom is -0.399 e. The average Bonchev–Trinajstić information content (AvgIpc) is 2.45. The van der Waals surface area contributed by atoms with Crippen molar-refractivity contribution in [1.29, 1.82) is 0 Å². The van der Waals surface area contributed by atoms with Gasteiger partial charge in [-0.15, -0.1) is 0 Å². The molecule has 3 nitrogen and oxygen atoms in total. The lowest BCUT2D eigenvalue weighted by atomic mass is 10.1. The third-order valence-electron chi connectivity index (χ3n) is 3.24. The van der Waals surface area contributed by atoms with E-state index >= 15 is 0 Å². The normalized spacial score (nSPS) is 10.5. The van der Waals surface area contributed by atoms with Gasteiger partial charge in [-0.05, 0) is 48.4 Å². The molecule has 0 atom stereocenters. The first-order chi connectivity index (χ1) is 9.88. The van der Waals surface area contributed by atoms with Crippen molar-refractivity contribution in [2.75, 3.05) is 12.8 Å². The fourth-order valence-corrected chi connectivity index (χ4v) is 2.55. The second-order valence-electron chi connectivity index (χ2n) is 4.98. The molecule has 0 heterocycles. The van der Waals surface area contributed by atoms with Crippen molar-refractivity contribution in [2.24, 2.45) is 0 Å². The molecule has 1 amide bonds. The second-order valence-corrected chi connectivity index (χ2v) is 6.24. The number of hydrogen-bond donors (Lipinski definition) is 1. The predicted molar refractivity (Wildman–Crippen MR) is 90.5 cm³/mol. The van der Waals surface area contributed by atoms with Gasteiger partial charge in [0, 0.05) is 34.3 Å². The molecule has 0 radical (unpaired) electrons. The van der Waals surface area contributed by atoms with Gasteiger partial charge in [0.25, 0.3) is 5.91 Å². The van der Waals surface area contributed by atoms with Crippen LogP contribution in [-0.2, 0) is 6.54 Å². The van der Waals surface area contributed by atoms with Crippen molar-refractivity contribution in [3.05, 3.63) is 62.6 Å². The van der Waals surface area contributed by atoms with Gasteiger partial charge in [0.1, 0.15) is 0 Å². The number of anilines is 1. The van der Waals surface area contributed by atoms with Crippen molar-refractivity contribution in [1.82, 2.24) is 4.90 Å². The molecule has 0 saturated heterocycles. The zero-order chi connectivity index (χ0) is 15.6. The predicted octanol–water partition coefficient (Wildman–Crippen LogP) is 4.27. The maximum atomic E-state index is 12.4. The Balaban J connectivity index is 2.19. The lowest BCUT2D eigenvalue weighted by molar-refractivity contribution is 0.0785. The van der Waals surface area contributed by atoms with Gasteiger partial charge >= 0.3 is 0 Å². The molecule has 0 saturated carbocycles. The zero-order valence-electron chi connectivity index (χ0n) is 11.9.